The van der Waals surface area contributed by atoms with Gasteiger partial charge in [-0.1, -0.05) is 13.3 Å². The lowest BCUT2D eigenvalue weighted by Gasteiger charge is -2.36. The van der Waals surface area contributed by atoms with Crippen LogP contribution >= 0.6 is 11.8 Å². The fourth-order valence-corrected chi connectivity index (χ4v) is 3.01. The molecule has 0 bridgehead atoms. The van der Waals surface area contributed by atoms with E-state index in [4.69, 9.17) is 5.73 Å². The summed E-state index contributed by atoms with van der Waals surface area (Å²) in [5.74, 6) is 2.49. The van der Waals surface area contributed by atoms with Gasteiger partial charge in [0.2, 0.25) is 0 Å². The Bertz CT molecular complexity index is 130. The van der Waals surface area contributed by atoms with E-state index in [1.165, 1.54) is 24.5 Å². The van der Waals surface area contributed by atoms with Crippen molar-refractivity contribution in [1.82, 2.24) is 4.90 Å². The van der Waals surface area contributed by atoms with Crippen molar-refractivity contribution in [2.45, 2.75) is 31.8 Å². The van der Waals surface area contributed by atoms with E-state index >= 15 is 0 Å². The quantitative estimate of drug-likeness (QED) is 0.721. The van der Waals surface area contributed by atoms with E-state index in [0.29, 0.717) is 12.1 Å². The summed E-state index contributed by atoms with van der Waals surface area (Å²) in [6.07, 6.45) is 2.37. The molecule has 1 fully saturated rings. The number of thioether (sulfide) groups is 1. The maximum atomic E-state index is 6.09. The summed E-state index contributed by atoms with van der Waals surface area (Å²) in [6, 6.07) is 0.997. The third-order valence-electron chi connectivity index (χ3n) is 2.56. The van der Waals surface area contributed by atoms with Crippen molar-refractivity contribution >= 4 is 11.8 Å². The van der Waals surface area contributed by atoms with Crippen molar-refractivity contribution in [3.63, 3.8) is 0 Å². The molecule has 1 rings (SSSR count). The number of hydrogen-bond donors (Lipinski definition) is 1. The normalized spacial score (nSPS) is 28.8. The van der Waals surface area contributed by atoms with Gasteiger partial charge in [-0.3, -0.25) is 0 Å². The minimum atomic E-state index is 0.382. The highest BCUT2D eigenvalue weighted by molar-refractivity contribution is 7.99. The van der Waals surface area contributed by atoms with Crippen LogP contribution in [0.2, 0.25) is 0 Å². The van der Waals surface area contributed by atoms with E-state index in [1.807, 2.05) is 11.8 Å². The van der Waals surface area contributed by atoms with Gasteiger partial charge in [0.25, 0.3) is 0 Å². The molecule has 0 aromatic rings. The second-order valence-corrected chi connectivity index (χ2v) is 4.73. The molecule has 0 aromatic heterocycles. The molecule has 0 saturated carbocycles. The Balaban J connectivity index is 2.36. The van der Waals surface area contributed by atoms with Crippen molar-refractivity contribution in [1.29, 1.82) is 0 Å². The minimum Gasteiger partial charge on any atom is -0.326 e. The summed E-state index contributed by atoms with van der Waals surface area (Å²) in [5, 5.41) is 0. The van der Waals surface area contributed by atoms with Crippen LogP contribution in [-0.4, -0.2) is 42.1 Å². The second-order valence-electron chi connectivity index (χ2n) is 3.58. The van der Waals surface area contributed by atoms with E-state index in [0.717, 1.165) is 6.42 Å². The van der Waals surface area contributed by atoms with Crippen LogP contribution in [0.1, 0.15) is 19.8 Å². The molecule has 1 saturated heterocycles. The SMILES string of the molecule is CCC[C@H](N)C1CSCCN1C. The predicted octanol–water partition coefficient (Wildman–Crippen LogP) is 1.16. The highest BCUT2D eigenvalue weighted by Gasteiger charge is 2.24. The van der Waals surface area contributed by atoms with Gasteiger partial charge >= 0.3 is 0 Å². The Morgan fingerprint density at radius 3 is 3.00 bits per heavy atom. The molecule has 0 radical (unpaired) electrons. The van der Waals surface area contributed by atoms with Gasteiger partial charge in [0.1, 0.15) is 0 Å². The molecule has 0 aliphatic carbocycles. The monoisotopic (exact) mass is 188 g/mol. The predicted molar refractivity (Wildman–Crippen MR) is 56.6 cm³/mol. The zero-order chi connectivity index (χ0) is 8.97. The van der Waals surface area contributed by atoms with Crippen LogP contribution in [0.3, 0.4) is 0 Å². The molecule has 0 spiro atoms. The molecule has 0 amide bonds. The molecule has 1 unspecified atom stereocenters. The van der Waals surface area contributed by atoms with Crippen LogP contribution in [0.5, 0.6) is 0 Å². The number of hydrogen-bond acceptors (Lipinski definition) is 3. The first-order chi connectivity index (χ1) is 5.75. The molecule has 1 aliphatic rings. The van der Waals surface area contributed by atoms with Crippen LogP contribution < -0.4 is 5.73 Å². The molecule has 2 nitrogen and oxygen atoms in total. The Morgan fingerprint density at radius 1 is 1.67 bits per heavy atom. The highest BCUT2D eigenvalue weighted by atomic mass is 32.2. The van der Waals surface area contributed by atoms with E-state index in [-0.39, 0.29) is 0 Å². The van der Waals surface area contributed by atoms with Crippen molar-refractivity contribution < 1.29 is 0 Å². The van der Waals surface area contributed by atoms with Crippen LogP contribution in [-0.2, 0) is 0 Å². The number of rotatable bonds is 3. The summed E-state index contributed by atoms with van der Waals surface area (Å²) in [4.78, 5) is 2.41. The highest BCUT2D eigenvalue weighted by Crippen LogP contribution is 2.18. The Morgan fingerprint density at radius 2 is 2.42 bits per heavy atom. The summed E-state index contributed by atoms with van der Waals surface area (Å²) in [6.45, 7) is 3.41. The Kier molecular flexibility index (Phi) is 4.40. The van der Waals surface area contributed by atoms with E-state index in [9.17, 15) is 0 Å². The average Bonchev–Trinajstić information content (AvgIpc) is 2.05. The molecular weight excluding hydrogens is 168 g/mol. The lowest BCUT2D eigenvalue weighted by Crippen LogP contribution is -2.50. The van der Waals surface area contributed by atoms with Crippen molar-refractivity contribution in [2.24, 2.45) is 5.73 Å². The average molecular weight is 188 g/mol. The molecule has 2 N–H and O–H groups in total. The summed E-state index contributed by atoms with van der Waals surface area (Å²) >= 11 is 2.04. The maximum absolute atomic E-state index is 6.09. The third kappa shape index (κ3) is 2.64. The molecule has 1 aliphatic heterocycles. The van der Waals surface area contributed by atoms with Crippen LogP contribution in [0, 0.1) is 0 Å². The first-order valence-corrected chi connectivity index (χ1v) is 5.94. The summed E-state index contributed by atoms with van der Waals surface area (Å²) < 4.78 is 0. The van der Waals surface area contributed by atoms with Gasteiger partial charge in [-0.15, -0.1) is 0 Å². The Labute approximate surface area is 79.9 Å². The number of nitrogens with two attached hydrogens (primary N) is 1. The summed E-state index contributed by atoms with van der Waals surface area (Å²) in [5.41, 5.74) is 6.09. The largest absolute Gasteiger partial charge is 0.326 e. The fourth-order valence-electron chi connectivity index (χ4n) is 1.68. The molecule has 3 heteroatoms. The van der Waals surface area contributed by atoms with Crippen molar-refractivity contribution in [3.05, 3.63) is 0 Å². The van der Waals surface area contributed by atoms with Gasteiger partial charge in [-0.25, -0.2) is 0 Å². The molecular formula is C9H20N2S. The van der Waals surface area contributed by atoms with E-state index in [1.54, 1.807) is 0 Å². The molecule has 72 valence electrons. The molecule has 1 heterocycles. The van der Waals surface area contributed by atoms with Gasteiger partial charge < -0.3 is 10.6 Å². The standard InChI is InChI=1S/C9H20N2S/c1-3-4-8(10)9-7-12-6-5-11(9)2/h8-9H,3-7,10H2,1-2H3/t8-,9?/m0/s1. The lowest BCUT2D eigenvalue weighted by atomic mass is 10.0. The fraction of sp³-hybridized carbons (Fsp3) is 1.00. The first kappa shape index (κ1) is 10.4. The number of nitrogens with zero attached hydrogens (tertiary/aromatic N) is 1. The van der Waals surface area contributed by atoms with E-state index in [2.05, 4.69) is 18.9 Å². The number of likely N-dealkylation sites (N-methyl/N-ethyl adjacent to an activating group) is 1. The molecule has 0 aromatic carbocycles. The first-order valence-electron chi connectivity index (χ1n) is 4.79. The van der Waals surface area contributed by atoms with Gasteiger partial charge in [0, 0.05) is 30.1 Å². The zero-order valence-corrected chi connectivity index (χ0v) is 8.94. The van der Waals surface area contributed by atoms with Crippen molar-refractivity contribution in [2.75, 3.05) is 25.1 Å². The van der Waals surface area contributed by atoms with Gasteiger partial charge in [-0.2, -0.15) is 11.8 Å². The van der Waals surface area contributed by atoms with Gasteiger partial charge in [0.15, 0.2) is 0 Å². The van der Waals surface area contributed by atoms with Crippen LogP contribution in [0.15, 0.2) is 0 Å². The van der Waals surface area contributed by atoms with Gasteiger partial charge in [0.05, 0.1) is 0 Å². The minimum absolute atomic E-state index is 0.382. The lowest BCUT2D eigenvalue weighted by molar-refractivity contribution is 0.230. The van der Waals surface area contributed by atoms with E-state index < -0.39 is 0 Å². The molecule has 12 heavy (non-hydrogen) atoms. The zero-order valence-electron chi connectivity index (χ0n) is 8.12. The van der Waals surface area contributed by atoms with Crippen molar-refractivity contribution in [3.8, 4) is 0 Å². The second kappa shape index (κ2) is 5.10. The smallest absolute Gasteiger partial charge is 0.0335 e. The molecule has 2 atom stereocenters. The summed E-state index contributed by atoms with van der Waals surface area (Å²) in [7, 11) is 2.19. The Hall–Kier alpha value is 0.270. The maximum Gasteiger partial charge on any atom is 0.0335 e. The topological polar surface area (TPSA) is 29.3 Å². The van der Waals surface area contributed by atoms with Gasteiger partial charge in [-0.05, 0) is 13.5 Å². The van der Waals surface area contributed by atoms with Crippen LogP contribution in [0.25, 0.3) is 0 Å². The van der Waals surface area contributed by atoms with Crippen LogP contribution in [0.4, 0.5) is 0 Å². The third-order valence-corrected chi connectivity index (χ3v) is 3.61.